The Hall–Kier alpha value is -1.03. The van der Waals surface area contributed by atoms with Gasteiger partial charge in [-0.05, 0) is 36.8 Å². The van der Waals surface area contributed by atoms with E-state index in [2.05, 4.69) is 11.4 Å². The smallest absolute Gasteiger partial charge is 0.407 e. The van der Waals surface area contributed by atoms with Crippen LogP contribution in [0.2, 0.25) is 0 Å². The number of likely N-dealkylation sites (N-methyl/N-ethyl adjacent to an activating group) is 1. The SMILES string of the molecule is CCN(CC1CCc2sccc21)C(=O)O. The number of fused-ring (bicyclic) bond motifs is 1. The number of amides is 1. The predicted molar refractivity (Wildman–Crippen MR) is 60.7 cm³/mol. The van der Waals surface area contributed by atoms with Gasteiger partial charge in [-0.3, -0.25) is 0 Å². The summed E-state index contributed by atoms with van der Waals surface area (Å²) < 4.78 is 0. The summed E-state index contributed by atoms with van der Waals surface area (Å²) in [6.45, 7) is 3.11. The average Bonchev–Trinajstić information content (AvgIpc) is 2.76. The molecule has 1 heterocycles. The van der Waals surface area contributed by atoms with Crippen LogP contribution < -0.4 is 0 Å². The lowest BCUT2D eigenvalue weighted by molar-refractivity contribution is 0.144. The Bertz CT molecular complexity index is 361. The van der Waals surface area contributed by atoms with E-state index in [0.29, 0.717) is 19.0 Å². The van der Waals surface area contributed by atoms with Crippen molar-refractivity contribution < 1.29 is 9.90 Å². The maximum absolute atomic E-state index is 10.9. The molecule has 1 N–H and O–H groups in total. The highest BCUT2D eigenvalue weighted by Crippen LogP contribution is 2.36. The summed E-state index contributed by atoms with van der Waals surface area (Å²) in [6, 6.07) is 2.15. The van der Waals surface area contributed by atoms with Crippen LogP contribution >= 0.6 is 11.3 Å². The van der Waals surface area contributed by atoms with Gasteiger partial charge in [-0.25, -0.2) is 4.79 Å². The summed E-state index contributed by atoms with van der Waals surface area (Å²) in [5.41, 5.74) is 1.37. The Morgan fingerprint density at radius 1 is 1.73 bits per heavy atom. The van der Waals surface area contributed by atoms with Crippen molar-refractivity contribution in [2.24, 2.45) is 0 Å². The molecule has 15 heavy (non-hydrogen) atoms. The van der Waals surface area contributed by atoms with Crippen LogP contribution in [0.25, 0.3) is 0 Å². The van der Waals surface area contributed by atoms with Crippen molar-refractivity contribution in [2.75, 3.05) is 13.1 Å². The molecule has 2 rings (SSSR count). The molecule has 1 aromatic heterocycles. The fraction of sp³-hybridized carbons (Fsp3) is 0.545. The molecule has 82 valence electrons. The monoisotopic (exact) mass is 225 g/mol. The normalized spacial score (nSPS) is 18.9. The lowest BCUT2D eigenvalue weighted by atomic mass is 10.0. The van der Waals surface area contributed by atoms with E-state index in [1.165, 1.54) is 15.3 Å². The van der Waals surface area contributed by atoms with Gasteiger partial charge in [-0.2, -0.15) is 0 Å². The summed E-state index contributed by atoms with van der Waals surface area (Å²) in [5, 5.41) is 11.1. The first-order valence-electron chi connectivity index (χ1n) is 5.26. The van der Waals surface area contributed by atoms with Gasteiger partial charge in [0.15, 0.2) is 0 Å². The maximum Gasteiger partial charge on any atom is 0.407 e. The Morgan fingerprint density at radius 3 is 3.20 bits per heavy atom. The lowest BCUT2D eigenvalue weighted by Crippen LogP contribution is -2.32. The van der Waals surface area contributed by atoms with Crippen molar-refractivity contribution >= 4 is 17.4 Å². The zero-order chi connectivity index (χ0) is 10.8. The zero-order valence-corrected chi connectivity index (χ0v) is 9.59. The van der Waals surface area contributed by atoms with Crippen LogP contribution in [0.15, 0.2) is 11.4 Å². The minimum absolute atomic E-state index is 0.419. The first-order valence-corrected chi connectivity index (χ1v) is 6.14. The van der Waals surface area contributed by atoms with Crippen LogP contribution in [0.5, 0.6) is 0 Å². The maximum atomic E-state index is 10.9. The van der Waals surface area contributed by atoms with E-state index in [0.717, 1.165) is 12.8 Å². The Balaban J connectivity index is 2.05. The number of rotatable bonds is 3. The lowest BCUT2D eigenvalue weighted by Gasteiger charge is -2.21. The highest BCUT2D eigenvalue weighted by molar-refractivity contribution is 7.10. The van der Waals surface area contributed by atoms with Crippen LogP contribution in [0.1, 0.15) is 29.7 Å². The summed E-state index contributed by atoms with van der Waals surface area (Å²) in [5.74, 6) is 0.419. The van der Waals surface area contributed by atoms with Gasteiger partial charge in [0.1, 0.15) is 0 Å². The van der Waals surface area contributed by atoms with E-state index in [-0.39, 0.29) is 0 Å². The molecule has 1 aliphatic carbocycles. The summed E-state index contributed by atoms with van der Waals surface area (Å²) >= 11 is 1.79. The van der Waals surface area contributed by atoms with Gasteiger partial charge < -0.3 is 10.0 Å². The standard InChI is InChI=1S/C11H15NO2S/c1-2-12(11(13)14)7-8-3-4-10-9(8)5-6-15-10/h5-6,8H,2-4,7H2,1H3,(H,13,14). The third-order valence-corrected chi connectivity index (χ3v) is 4.03. The van der Waals surface area contributed by atoms with E-state index in [9.17, 15) is 4.79 Å². The Kier molecular flexibility index (Phi) is 2.95. The summed E-state index contributed by atoms with van der Waals surface area (Å²) in [7, 11) is 0. The second kappa shape index (κ2) is 4.23. The van der Waals surface area contributed by atoms with E-state index in [1.54, 1.807) is 11.3 Å². The highest BCUT2D eigenvalue weighted by Gasteiger charge is 2.26. The molecule has 0 radical (unpaired) electrons. The second-order valence-electron chi connectivity index (χ2n) is 3.86. The molecular formula is C11H15NO2S. The Labute approximate surface area is 93.3 Å². The van der Waals surface area contributed by atoms with Crippen molar-refractivity contribution in [2.45, 2.75) is 25.7 Å². The van der Waals surface area contributed by atoms with Crippen LogP contribution in [-0.4, -0.2) is 29.2 Å². The molecule has 0 aliphatic heterocycles. The quantitative estimate of drug-likeness (QED) is 0.859. The van der Waals surface area contributed by atoms with Crippen molar-refractivity contribution in [3.05, 3.63) is 21.9 Å². The van der Waals surface area contributed by atoms with Gasteiger partial charge >= 0.3 is 6.09 Å². The van der Waals surface area contributed by atoms with Crippen molar-refractivity contribution in [3.8, 4) is 0 Å². The molecule has 0 bridgehead atoms. The van der Waals surface area contributed by atoms with Crippen LogP contribution in [0.4, 0.5) is 4.79 Å². The largest absolute Gasteiger partial charge is 0.465 e. The first kappa shape index (κ1) is 10.5. The number of hydrogen-bond acceptors (Lipinski definition) is 2. The fourth-order valence-corrected chi connectivity index (χ4v) is 3.16. The van der Waals surface area contributed by atoms with Crippen LogP contribution in [-0.2, 0) is 6.42 Å². The average molecular weight is 225 g/mol. The van der Waals surface area contributed by atoms with E-state index >= 15 is 0 Å². The van der Waals surface area contributed by atoms with Gasteiger partial charge in [0.25, 0.3) is 0 Å². The van der Waals surface area contributed by atoms with E-state index in [4.69, 9.17) is 5.11 Å². The number of carboxylic acid groups (broad SMARTS) is 1. The van der Waals surface area contributed by atoms with Crippen LogP contribution in [0, 0.1) is 0 Å². The molecule has 1 amide bonds. The van der Waals surface area contributed by atoms with Crippen molar-refractivity contribution in [1.29, 1.82) is 0 Å². The highest BCUT2D eigenvalue weighted by atomic mass is 32.1. The van der Waals surface area contributed by atoms with Gasteiger partial charge in [-0.15, -0.1) is 11.3 Å². The molecule has 0 aromatic carbocycles. The van der Waals surface area contributed by atoms with E-state index in [1.807, 2.05) is 6.92 Å². The first-order chi connectivity index (χ1) is 7.22. The molecule has 3 nitrogen and oxygen atoms in total. The minimum atomic E-state index is -0.804. The molecule has 1 unspecified atom stereocenters. The summed E-state index contributed by atoms with van der Waals surface area (Å²) in [6.07, 6.45) is 1.42. The van der Waals surface area contributed by atoms with E-state index < -0.39 is 6.09 Å². The van der Waals surface area contributed by atoms with Gasteiger partial charge in [0, 0.05) is 23.9 Å². The number of thiophene rings is 1. The number of nitrogens with zero attached hydrogens (tertiary/aromatic N) is 1. The molecule has 1 aliphatic rings. The molecule has 0 fully saturated rings. The van der Waals surface area contributed by atoms with Gasteiger partial charge in [0.2, 0.25) is 0 Å². The van der Waals surface area contributed by atoms with Gasteiger partial charge in [-0.1, -0.05) is 0 Å². The molecule has 0 saturated carbocycles. The van der Waals surface area contributed by atoms with Crippen molar-refractivity contribution in [1.82, 2.24) is 4.90 Å². The van der Waals surface area contributed by atoms with Crippen LogP contribution in [0.3, 0.4) is 0 Å². The third-order valence-electron chi connectivity index (χ3n) is 3.03. The molecular weight excluding hydrogens is 210 g/mol. The zero-order valence-electron chi connectivity index (χ0n) is 8.77. The number of aryl methyl sites for hydroxylation is 1. The molecule has 0 spiro atoms. The molecule has 1 aromatic rings. The van der Waals surface area contributed by atoms with Gasteiger partial charge in [0.05, 0.1) is 0 Å². The third kappa shape index (κ3) is 2.00. The molecule has 0 saturated heterocycles. The second-order valence-corrected chi connectivity index (χ2v) is 4.86. The predicted octanol–water partition coefficient (Wildman–Crippen LogP) is 2.78. The topological polar surface area (TPSA) is 40.5 Å². The summed E-state index contributed by atoms with van der Waals surface area (Å²) in [4.78, 5) is 13.8. The fourth-order valence-electron chi connectivity index (χ4n) is 2.18. The Morgan fingerprint density at radius 2 is 2.53 bits per heavy atom. The minimum Gasteiger partial charge on any atom is -0.465 e. The molecule has 1 atom stereocenters. The van der Waals surface area contributed by atoms with Crippen molar-refractivity contribution in [3.63, 3.8) is 0 Å². The molecule has 4 heteroatoms. The number of hydrogen-bond donors (Lipinski definition) is 1. The number of carbonyl (C=O) groups is 1.